The molecule has 1 aliphatic rings. The molecule has 1 rings (SSSR count). The molecule has 0 radical (unpaired) electrons. The second-order valence-electron chi connectivity index (χ2n) is 5.19. The standard InChI is InChI=1S/C12H23N3/c1-10(8-12(2,14)9-13)15(3)11-6-4-5-7-11/h10-11H,4-8,14H2,1-3H3. The molecule has 1 aliphatic carbocycles. The summed E-state index contributed by atoms with van der Waals surface area (Å²) in [6.07, 6.45) is 6.04. The van der Waals surface area contributed by atoms with Gasteiger partial charge in [-0.3, -0.25) is 0 Å². The van der Waals surface area contributed by atoms with Gasteiger partial charge in [0, 0.05) is 12.1 Å². The van der Waals surface area contributed by atoms with Crippen LogP contribution in [-0.4, -0.2) is 29.6 Å². The normalized spacial score (nSPS) is 23.7. The van der Waals surface area contributed by atoms with E-state index in [4.69, 9.17) is 11.0 Å². The predicted molar refractivity (Wildman–Crippen MR) is 62.3 cm³/mol. The molecule has 0 amide bonds. The van der Waals surface area contributed by atoms with E-state index in [-0.39, 0.29) is 0 Å². The summed E-state index contributed by atoms with van der Waals surface area (Å²) in [5.74, 6) is 0. The van der Waals surface area contributed by atoms with Crippen LogP contribution >= 0.6 is 0 Å². The van der Waals surface area contributed by atoms with E-state index in [9.17, 15) is 0 Å². The predicted octanol–water partition coefficient (Wildman–Crippen LogP) is 1.88. The van der Waals surface area contributed by atoms with Crippen molar-refractivity contribution in [3.63, 3.8) is 0 Å². The topological polar surface area (TPSA) is 53.1 Å². The molecule has 0 heterocycles. The lowest BCUT2D eigenvalue weighted by Crippen LogP contribution is -2.45. The molecule has 1 saturated carbocycles. The molecule has 0 aromatic rings. The minimum absolute atomic E-state index is 0.391. The zero-order valence-electron chi connectivity index (χ0n) is 10.2. The SMILES string of the molecule is CC(CC(C)(N)C#N)N(C)C1CCCC1. The van der Waals surface area contributed by atoms with E-state index in [0.29, 0.717) is 12.1 Å². The largest absolute Gasteiger partial charge is 0.314 e. The number of nitrogens with two attached hydrogens (primary N) is 1. The molecular weight excluding hydrogens is 186 g/mol. The van der Waals surface area contributed by atoms with E-state index in [0.717, 1.165) is 6.42 Å². The molecule has 1 fully saturated rings. The van der Waals surface area contributed by atoms with E-state index < -0.39 is 5.54 Å². The first-order chi connectivity index (χ1) is 6.96. The van der Waals surface area contributed by atoms with Crippen LogP contribution in [-0.2, 0) is 0 Å². The van der Waals surface area contributed by atoms with E-state index in [1.54, 1.807) is 0 Å². The van der Waals surface area contributed by atoms with Gasteiger partial charge in [0.1, 0.15) is 5.54 Å². The zero-order chi connectivity index (χ0) is 11.5. The Morgan fingerprint density at radius 3 is 2.53 bits per heavy atom. The third-order valence-corrected chi connectivity index (χ3v) is 3.57. The van der Waals surface area contributed by atoms with Crippen LogP contribution in [0.5, 0.6) is 0 Å². The quantitative estimate of drug-likeness (QED) is 0.769. The monoisotopic (exact) mass is 209 g/mol. The van der Waals surface area contributed by atoms with Gasteiger partial charge in [0.2, 0.25) is 0 Å². The number of hydrogen-bond acceptors (Lipinski definition) is 3. The van der Waals surface area contributed by atoms with Gasteiger partial charge in [0.05, 0.1) is 6.07 Å². The van der Waals surface area contributed by atoms with Crippen LogP contribution in [0, 0.1) is 11.3 Å². The number of nitriles is 1. The van der Waals surface area contributed by atoms with Gasteiger partial charge in [-0.25, -0.2) is 0 Å². The van der Waals surface area contributed by atoms with Crippen LogP contribution in [0.25, 0.3) is 0 Å². The first-order valence-corrected chi connectivity index (χ1v) is 5.88. The Kier molecular flexibility index (Phi) is 4.12. The lowest BCUT2D eigenvalue weighted by atomic mass is 9.95. The van der Waals surface area contributed by atoms with Gasteiger partial charge in [-0.15, -0.1) is 0 Å². The number of rotatable bonds is 4. The van der Waals surface area contributed by atoms with E-state index >= 15 is 0 Å². The zero-order valence-corrected chi connectivity index (χ0v) is 10.2. The lowest BCUT2D eigenvalue weighted by molar-refractivity contribution is 0.165. The van der Waals surface area contributed by atoms with Crippen molar-refractivity contribution < 1.29 is 0 Å². The molecule has 2 N–H and O–H groups in total. The van der Waals surface area contributed by atoms with Crippen molar-refractivity contribution in [2.75, 3.05) is 7.05 Å². The summed E-state index contributed by atoms with van der Waals surface area (Å²) >= 11 is 0. The molecule has 86 valence electrons. The van der Waals surface area contributed by atoms with Crippen molar-refractivity contribution >= 4 is 0 Å². The Morgan fingerprint density at radius 1 is 1.53 bits per heavy atom. The fourth-order valence-electron chi connectivity index (χ4n) is 2.47. The van der Waals surface area contributed by atoms with Gasteiger partial charge in [-0.1, -0.05) is 12.8 Å². The molecule has 0 spiro atoms. The Bertz CT molecular complexity index is 236. The molecule has 0 aromatic carbocycles. The lowest BCUT2D eigenvalue weighted by Gasteiger charge is -2.33. The summed E-state index contributed by atoms with van der Waals surface area (Å²) in [5, 5.41) is 8.90. The van der Waals surface area contributed by atoms with Gasteiger partial charge < -0.3 is 10.6 Å². The second-order valence-corrected chi connectivity index (χ2v) is 5.19. The van der Waals surface area contributed by atoms with Crippen molar-refractivity contribution in [2.24, 2.45) is 5.73 Å². The maximum atomic E-state index is 8.90. The van der Waals surface area contributed by atoms with Crippen LogP contribution in [0.1, 0.15) is 46.0 Å². The van der Waals surface area contributed by atoms with Gasteiger partial charge in [-0.2, -0.15) is 5.26 Å². The average Bonchev–Trinajstić information content (AvgIpc) is 2.68. The van der Waals surface area contributed by atoms with Gasteiger partial charge in [0.25, 0.3) is 0 Å². The molecule has 0 aromatic heterocycles. The van der Waals surface area contributed by atoms with E-state index in [1.807, 2.05) is 6.92 Å². The van der Waals surface area contributed by atoms with Crippen LogP contribution in [0.15, 0.2) is 0 Å². The fraction of sp³-hybridized carbons (Fsp3) is 0.917. The molecule has 15 heavy (non-hydrogen) atoms. The summed E-state index contributed by atoms with van der Waals surface area (Å²) in [7, 11) is 2.16. The molecule has 0 bridgehead atoms. The highest BCUT2D eigenvalue weighted by Crippen LogP contribution is 2.25. The molecule has 0 saturated heterocycles. The van der Waals surface area contributed by atoms with Crippen molar-refractivity contribution in [3.05, 3.63) is 0 Å². The van der Waals surface area contributed by atoms with Crippen molar-refractivity contribution in [1.82, 2.24) is 4.90 Å². The summed E-state index contributed by atoms with van der Waals surface area (Å²) in [6.45, 7) is 3.98. The number of hydrogen-bond donors (Lipinski definition) is 1. The minimum atomic E-state index is -0.688. The second kappa shape index (κ2) is 4.96. The maximum Gasteiger partial charge on any atom is 0.102 e. The first kappa shape index (κ1) is 12.5. The minimum Gasteiger partial charge on any atom is -0.314 e. The van der Waals surface area contributed by atoms with Crippen LogP contribution in [0.3, 0.4) is 0 Å². The van der Waals surface area contributed by atoms with E-state index in [1.165, 1.54) is 25.7 Å². The Hall–Kier alpha value is -0.590. The highest BCUT2D eigenvalue weighted by atomic mass is 15.2. The molecular formula is C12H23N3. The van der Waals surface area contributed by atoms with Crippen LogP contribution in [0.2, 0.25) is 0 Å². The third-order valence-electron chi connectivity index (χ3n) is 3.57. The highest BCUT2D eigenvalue weighted by Gasteiger charge is 2.28. The van der Waals surface area contributed by atoms with Crippen LogP contribution in [0.4, 0.5) is 0 Å². The van der Waals surface area contributed by atoms with Crippen molar-refractivity contribution in [1.29, 1.82) is 5.26 Å². The smallest absolute Gasteiger partial charge is 0.102 e. The van der Waals surface area contributed by atoms with E-state index in [2.05, 4.69) is 24.9 Å². The summed E-state index contributed by atoms with van der Waals surface area (Å²) < 4.78 is 0. The highest BCUT2D eigenvalue weighted by molar-refractivity contribution is 5.03. The van der Waals surface area contributed by atoms with Crippen molar-refractivity contribution in [3.8, 4) is 6.07 Å². The number of nitrogens with zero attached hydrogens (tertiary/aromatic N) is 2. The molecule has 3 nitrogen and oxygen atoms in total. The third kappa shape index (κ3) is 3.48. The molecule has 3 heteroatoms. The Labute approximate surface area is 93.2 Å². The Balaban J connectivity index is 2.46. The first-order valence-electron chi connectivity index (χ1n) is 5.88. The Morgan fingerprint density at radius 2 is 2.07 bits per heavy atom. The van der Waals surface area contributed by atoms with Crippen molar-refractivity contribution in [2.45, 2.75) is 63.6 Å². The fourth-order valence-corrected chi connectivity index (χ4v) is 2.47. The molecule has 0 aliphatic heterocycles. The van der Waals surface area contributed by atoms with Crippen LogP contribution < -0.4 is 5.73 Å². The summed E-state index contributed by atoms with van der Waals surface area (Å²) in [5.41, 5.74) is 5.18. The van der Waals surface area contributed by atoms with Gasteiger partial charge >= 0.3 is 0 Å². The van der Waals surface area contributed by atoms with Gasteiger partial charge in [-0.05, 0) is 40.2 Å². The molecule has 2 unspecified atom stereocenters. The summed E-state index contributed by atoms with van der Waals surface area (Å²) in [4.78, 5) is 2.40. The summed E-state index contributed by atoms with van der Waals surface area (Å²) in [6, 6.07) is 3.26. The van der Waals surface area contributed by atoms with Gasteiger partial charge in [0.15, 0.2) is 0 Å². The average molecular weight is 209 g/mol. The molecule has 2 atom stereocenters. The maximum absolute atomic E-state index is 8.90.